The maximum Gasteiger partial charge on any atom is 0.145 e. The number of ketones is 1. The topological polar surface area (TPSA) is 39.2 Å². The number of aromatic nitrogens is 1. The van der Waals surface area contributed by atoms with E-state index in [0.717, 1.165) is 11.4 Å². The van der Waals surface area contributed by atoms with E-state index >= 15 is 0 Å². The molecular formula is C12H15NO2. The predicted molar refractivity (Wildman–Crippen MR) is 56.8 cm³/mol. The molecule has 1 aromatic heterocycles. The number of aryl methyl sites for hydroxylation is 1. The van der Waals surface area contributed by atoms with Crippen LogP contribution in [0.15, 0.2) is 18.3 Å². The fourth-order valence-corrected chi connectivity index (χ4v) is 1.67. The van der Waals surface area contributed by atoms with Gasteiger partial charge in [0, 0.05) is 12.6 Å². The van der Waals surface area contributed by atoms with Gasteiger partial charge in [0.2, 0.25) is 0 Å². The van der Waals surface area contributed by atoms with E-state index in [1.54, 1.807) is 6.20 Å². The van der Waals surface area contributed by atoms with Crippen molar-refractivity contribution in [2.75, 3.05) is 0 Å². The summed E-state index contributed by atoms with van der Waals surface area (Å²) in [6.07, 6.45) is 2.24. The van der Waals surface area contributed by atoms with E-state index in [9.17, 15) is 4.79 Å². The SMILES string of the molecule is Cc1ncccc1OC1CC(=O)C1(C)C. The summed E-state index contributed by atoms with van der Waals surface area (Å²) in [6, 6.07) is 3.73. The van der Waals surface area contributed by atoms with Crippen molar-refractivity contribution < 1.29 is 9.53 Å². The van der Waals surface area contributed by atoms with Crippen molar-refractivity contribution in [3.8, 4) is 5.75 Å². The Morgan fingerprint density at radius 3 is 2.80 bits per heavy atom. The third-order valence-corrected chi connectivity index (χ3v) is 3.12. The molecule has 0 bridgehead atoms. The number of Topliss-reactive ketones (excluding diaryl/α,β-unsaturated/α-hetero) is 1. The maximum atomic E-state index is 11.3. The van der Waals surface area contributed by atoms with Gasteiger partial charge in [-0.15, -0.1) is 0 Å². The summed E-state index contributed by atoms with van der Waals surface area (Å²) in [5.74, 6) is 1.05. The van der Waals surface area contributed by atoms with E-state index in [0.29, 0.717) is 6.42 Å². The smallest absolute Gasteiger partial charge is 0.145 e. The molecule has 0 saturated heterocycles. The van der Waals surface area contributed by atoms with Gasteiger partial charge in [0.25, 0.3) is 0 Å². The highest BCUT2D eigenvalue weighted by molar-refractivity contribution is 5.91. The lowest BCUT2D eigenvalue weighted by atomic mass is 9.68. The van der Waals surface area contributed by atoms with Gasteiger partial charge in [-0.25, -0.2) is 0 Å². The third kappa shape index (κ3) is 1.62. The van der Waals surface area contributed by atoms with Gasteiger partial charge in [-0.05, 0) is 32.9 Å². The molecule has 1 heterocycles. The molecule has 1 aromatic rings. The lowest BCUT2D eigenvalue weighted by Crippen LogP contribution is -2.53. The lowest BCUT2D eigenvalue weighted by Gasteiger charge is -2.42. The summed E-state index contributed by atoms with van der Waals surface area (Å²) in [7, 11) is 0. The van der Waals surface area contributed by atoms with Crippen LogP contribution < -0.4 is 4.74 Å². The standard InChI is InChI=1S/C12H15NO2/c1-8-9(5-4-6-13-8)15-11-7-10(14)12(11,2)3/h4-6,11H,7H2,1-3H3. The second kappa shape index (κ2) is 3.33. The minimum Gasteiger partial charge on any atom is -0.487 e. The van der Waals surface area contributed by atoms with Crippen molar-refractivity contribution in [1.29, 1.82) is 0 Å². The number of ether oxygens (including phenoxy) is 1. The van der Waals surface area contributed by atoms with Crippen LogP contribution in [0.2, 0.25) is 0 Å². The number of hydrogen-bond donors (Lipinski definition) is 0. The molecule has 80 valence electrons. The molecule has 1 atom stereocenters. The zero-order valence-corrected chi connectivity index (χ0v) is 9.28. The molecular weight excluding hydrogens is 190 g/mol. The van der Waals surface area contributed by atoms with Crippen LogP contribution in [-0.4, -0.2) is 16.9 Å². The van der Waals surface area contributed by atoms with Crippen molar-refractivity contribution in [3.63, 3.8) is 0 Å². The van der Waals surface area contributed by atoms with Crippen molar-refractivity contribution in [1.82, 2.24) is 4.98 Å². The predicted octanol–water partition coefficient (Wildman–Crippen LogP) is 2.14. The Morgan fingerprint density at radius 2 is 2.27 bits per heavy atom. The van der Waals surface area contributed by atoms with Crippen LogP contribution in [0.3, 0.4) is 0 Å². The Labute approximate surface area is 89.5 Å². The summed E-state index contributed by atoms with van der Waals surface area (Å²) >= 11 is 0. The zero-order chi connectivity index (χ0) is 11.1. The molecule has 1 aliphatic rings. The Kier molecular flexibility index (Phi) is 2.25. The van der Waals surface area contributed by atoms with Crippen LogP contribution in [0.5, 0.6) is 5.75 Å². The van der Waals surface area contributed by atoms with E-state index in [-0.39, 0.29) is 17.3 Å². The molecule has 1 fully saturated rings. The molecule has 15 heavy (non-hydrogen) atoms. The van der Waals surface area contributed by atoms with E-state index in [1.165, 1.54) is 0 Å². The molecule has 3 heteroatoms. The van der Waals surface area contributed by atoms with Gasteiger partial charge >= 0.3 is 0 Å². The Balaban J connectivity index is 2.12. The fraction of sp³-hybridized carbons (Fsp3) is 0.500. The average molecular weight is 205 g/mol. The monoisotopic (exact) mass is 205 g/mol. The van der Waals surface area contributed by atoms with Crippen LogP contribution in [0.25, 0.3) is 0 Å². The van der Waals surface area contributed by atoms with Gasteiger partial charge in [-0.3, -0.25) is 9.78 Å². The third-order valence-electron chi connectivity index (χ3n) is 3.12. The molecule has 0 aromatic carbocycles. The molecule has 0 amide bonds. The van der Waals surface area contributed by atoms with Crippen LogP contribution in [0.1, 0.15) is 26.0 Å². The van der Waals surface area contributed by atoms with Gasteiger partial charge in [-0.2, -0.15) is 0 Å². The second-order valence-electron chi connectivity index (χ2n) is 4.54. The molecule has 0 spiro atoms. The quantitative estimate of drug-likeness (QED) is 0.742. The molecule has 0 aliphatic heterocycles. The molecule has 3 nitrogen and oxygen atoms in total. The largest absolute Gasteiger partial charge is 0.487 e. The van der Waals surface area contributed by atoms with Crippen molar-refractivity contribution >= 4 is 5.78 Å². The van der Waals surface area contributed by atoms with E-state index in [2.05, 4.69) is 4.98 Å². The number of carbonyl (C=O) groups is 1. The summed E-state index contributed by atoms with van der Waals surface area (Å²) < 4.78 is 5.78. The molecule has 2 rings (SSSR count). The van der Waals surface area contributed by atoms with Crippen molar-refractivity contribution in [2.45, 2.75) is 33.3 Å². The lowest BCUT2D eigenvalue weighted by molar-refractivity contribution is -0.148. The normalized spacial score (nSPS) is 23.4. The average Bonchev–Trinajstić information content (AvgIpc) is 2.20. The first-order chi connectivity index (χ1) is 7.01. The fourth-order valence-electron chi connectivity index (χ4n) is 1.67. The van der Waals surface area contributed by atoms with Crippen molar-refractivity contribution in [2.24, 2.45) is 5.41 Å². The number of rotatable bonds is 2. The Hall–Kier alpha value is -1.38. The summed E-state index contributed by atoms with van der Waals surface area (Å²) in [5, 5.41) is 0. The molecule has 1 aliphatic carbocycles. The number of hydrogen-bond acceptors (Lipinski definition) is 3. The number of pyridine rings is 1. The van der Waals surface area contributed by atoms with Crippen LogP contribution in [-0.2, 0) is 4.79 Å². The zero-order valence-electron chi connectivity index (χ0n) is 9.28. The first-order valence-electron chi connectivity index (χ1n) is 5.13. The van der Waals surface area contributed by atoms with Gasteiger partial charge in [-0.1, -0.05) is 0 Å². The van der Waals surface area contributed by atoms with E-state index < -0.39 is 0 Å². The van der Waals surface area contributed by atoms with Gasteiger partial charge in [0.15, 0.2) is 0 Å². The summed E-state index contributed by atoms with van der Waals surface area (Å²) in [5.41, 5.74) is 0.523. The molecule has 0 radical (unpaired) electrons. The van der Waals surface area contributed by atoms with Crippen molar-refractivity contribution in [3.05, 3.63) is 24.0 Å². The van der Waals surface area contributed by atoms with Gasteiger partial charge in [0.05, 0.1) is 11.1 Å². The van der Waals surface area contributed by atoms with Gasteiger partial charge < -0.3 is 4.74 Å². The molecule has 1 saturated carbocycles. The number of carbonyl (C=O) groups excluding carboxylic acids is 1. The maximum absolute atomic E-state index is 11.3. The highest BCUT2D eigenvalue weighted by atomic mass is 16.5. The Morgan fingerprint density at radius 1 is 1.53 bits per heavy atom. The van der Waals surface area contributed by atoms with Crippen LogP contribution >= 0.6 is 0 Å². The molecule has 1 unspecified atom stereocenters. The minimum atomic E-state index is -0.345. The highest BCUT2D eigenvalue weighted by Crippen LogP contribution is 2.39. The van der Waals surface area contributed by atoms with Gasteiger partial charge in [0.1, 0.15) is 17.6 Å². The van der Waals surface area contributed by atoms with E-state index in [1.807, 2.05) is 32.9 Å². The first kappa shape index (κ1) is 10.1. The minimum absolute atomic E-state index is 0.00657. The van der Waals surface area contributed by atoms with Crippen LogP contribution in [0, 0.1) is 12.3 Å². The van der Waals surface area contributed by atoms with E-state index in [4.69, 9.17) is 4.74 Å². The molecule has 0 N–H and O–H groups in total. The highest BCUT2D eigenvalue weighted by Gasteiger charge is 2.49. The van der Waals surface area contributed by atoms with Crippen LogP contribution in [0.4, 0.5) is 0 Å². The first-order valence-corrected chi connectivity index (χ1v) is 5.13. The summed E-state index contributed by atoms with van der Waals surface area (Å²) in [4.78, 5) is 15.5. The Bertz CT molecular complexity index is 398. The second-order valence-corrected chi connectivity index (χ2v) is 4.54. The number of nitrogens with zero attached hydrogens (tertiary/aromatic N) is 1. The summed E-state index contributed by atoms with van der Waals surface area (Å²) in [6.45, 7) is 5.76.